The van der Waals surface area contributed by atoms with E-state index in [4.69, 9.17) is 4.74 Å². The second-order valence-corrected chi connectivity index (χ2v) is 17.2. The summed E-state index contributed by atoms with van der Waals surface area (Å²) in [5, 5.41) is 0. The summed E-state index contributed by atoms with van der Waals surface area (Å²) >= 11 is 0. The Morgan fingerprint density at radius 1 is 0.589 bits per heavy atom. The zero-order valence-electron chi connectivity index (χ0n) is 32.6. The van der Waals surface area contributed by atoms with E-state index < -0.39 is 0 Å². The molecule has 0 bridgehead atoms. The van der Waals surface area contributed by atoms with Crippen LogP contribution in [0, 0.1) is 17.8 Å². The Kier molecular flexibility index (Phi) is 8.82. The van der Waals surface area contributed by atoms with Crippen LogP contribution >= 0.6 is 0 Å². The second kappa shape index (κ2) is 14.5. The molecule has 2 heteroatoms. The van der Waals surface area contributed by atoms with Crippen LogP contribution in [-0.4, -0.2) is 17.0 Å². The minimum atomic E-state index is 0.0960. The van der Waals surface area contributed by atoms with Gasteiger partial charge in [0.1, 0.15) is 11.9 Å². The van der Waals surface area contributed by atoms with E-state index in [0.29, 0.717) is 23.8 Å². The summed E-state index contributed by atoms with van der Waals surface area (Å²) in [6.45, 7) is 0. The maximum absolute atomic E-state index is 6.78. The topological polar surface area (TPSA) is 12.5 Å². The Morgan fingerprint density at radius 3 is 2.29 bits per heavy atom. The Labute approximate surface area is 333 Å². The molecule has 0 aromatic heterocycles. The second-order valence-electron chi connectivity index (χ2n) is 17.2. The summed E-state index contributed by atoms with van der Waals surface area (Å²) in [7, 11) is 0. The molecule has 0 spiro atoms. The number of hydrogen-bond acceptors (Lipinski definition) is 2. The van der Waals surface area contributed by atoms with Gasteiger partial charge in [0.2, 0.25) is 0 Å². The molecule has 2 nitrogen and oxygen atoms in total. The summed E-state index contributed by atoms with van der Waals surface area (Å²) in [6.07, 6.45) is 56.5. The standard InChI is InChI=1S/C54H53NO/c1-2-13-38(14-3-1)46-24-12-25-49-50-35-40(29-34-53(50)56-54(46)49)44-32-33-52(48-22-9-8-21-47(44)48)55(51-26-11-18-37-16-5-7-20-45(37)51)41-30-27-39(28-31-41)43-23-10-17-36-15-4-6-19-42(36)43/h1-3,5-6,8,10,13-14,16-19,21,24,27-30,33-35,41,43-44,50,53H,4,7,9,11-12,15,20,22-23,25-26,31-32H2. The highest BCUT2D eigenvalue weighted by atomic mass is 16.5. The van der Waals surface area contributed by atoms with E-state index in [1.165, 1.54) is 52.0 Å². The monoisotopic (exact) mass is 731 g/mol. The molecule has 10 aliphatic rings. The molecule has 0 N–H and O–H groups in total. The van der Waals surface area contributed by atoms with Gasteiger partial charge in [0.25, 0.3) is 0 Å². The van der Waals surface area contributed by atoms with Gasteiger partial charge in [-0.25, -0.2) is 0 Å². The maximum atomic E-state index is 6.78. The van der Waals surface area contributed by atoms with E-state index >= 15 is 0 Å². The number of rotatable bonds is 6. The van der Waals surface area contributed by atoms with Crippen molar-refractivity contribution in [2.24, 2.45) is 17.8 Å². The van der Waals surface area contributed by atoms with Gasteiger partial charge < -0.3 is 9.64 Å². The SMILES string of the molecule is C1=CC2=C(C=CCC2C2=CCC(N(C3=CCC(C4=CC5C6=C(OC5C=C4)C(c4ccccc4)=CCC6)C4=C3CCC=C4)C3=C4CCC=CC4=CCC3)C=C2)CC1. The molecule has 1 heterocycles. The number of fused-ring (bicyclic) bond motifs is 3. The normalized spacial score (nSPS) is 30.1. The van der Waals surface area contributed by atoms with Crippen molar-refractivity contribution in [3.05, 3.63) is 206 Å². The maximum Gasteiger partial charge on any atom is 0.127 e. The highest BCUT2D eigenvalue weighted by Gasteiger charge is 2.40. The molecule has 0 amide bonds. The number of hydrogen-bond donors (Lipinski definition) is 0. The van der Waals surface area contributed by atoms with Gasteiger partial charge in [-0.05, 0) is 145 Å². The van der Waals surface area contributed by atoms with Crippen molar-refractivity contribution in [2.45, 2.75) is 95.6 Å². The lowest BCUT2D eigenvalue weighted by atomic mass is 9.73. The molecule has 9 aliphatic carbocycles. The quantitative estimate of drug-likeness (QED) is 0.289. The van der Waals surface area contributed by atoms with Gasteiger partial charge in [0.15, 0.2) is 0 Å². The number of nitrogens with zero attached hydrogens (tertiary/aromatic N) is 1. The van der Waals surface area contributed by atoms with Gasteiger partial charge in [-0.3, -0.25) is 0 Å². The van der Waals surface area contributed by atoms with E-state index in [1.807, 2.05) is 0 Å². The first-order valence-corrected chi connectivity index (χ1v) is 21.8. The fourth-order valence-electron chi connectivity index (χ4n) is 11.4. The summed E-state index contributed by atoms with van der Waals surface area (Å²) in [5.74, 6) is 2.32. The molecular weight excluding hydrogens is 679 g/mol. The van der Waals surface area contributed by atoms with Crippen molar-refractivity contribution >= 4 is 5.57 Å². The molecule has 0 saturated carbocycles. The zero-order valence-corrected chi connectivity index (χ0v) is 32.6. The predicted molar refractivity (Wildman–Crippen MR) is 231 cm³/mol. The average Bonchev–Trinajstić information content (AvgIpc) is 3.65. The van der Waals surface area contributed by atoms with Crippen LogP contribution in [0.25, 0.3) is 5.57 Å². The number of allylic oxidation sites excluding steroid dienone is 23. The third kappa shape index (κ3) is 5.91. The summed E-state index contributed by atoms with van der Waals surface area (Å²) in [4.78, 5) is 2.85. The minimum absolute atomic E-state index is 0.0960. The Balaban J connectivity index is 0.933. The van der Waals surface area contributed by atoms with Crippen LogP contribution in [0.1, 0.15) is 89.0 Å². The lowest BCUT2D eigenvalue weighted by Gasteiger charge is -2.44. The average molecular weight is 732 g/mol. The van der Waals surface area contributed by atoms with Crippen molar-refractivity contribution in [1.29, 1.82) is 0 Å². The van der Waals surface area contributed by atoms with Crippen LogP contribution in [0.3, 0.4) is 0 Å². The molecule has 5 unspecified atom stereocenters. The van der Waals surface area contributed by atoms with Crippen LogP contribution < -0.4 is 0 Å². The first-order chi connectivity index (χ1) is 27.8. The zero-order chi connectivity index (χ0) is 37.0. The third-order valence-electron chi connectivity index (χ3n) is 14.1. The summed E-state index contributed by atoms with van der Waals surface area (Å²) < 4.78 is 6.78. The fourth-order valence-corrected chi connectivity index (χ4v) is 11.4. The van der Waals surface area contributed by atoms with Gasteiger partial charge in [-0.15, -0.1) is 0 Å². The molecule has 1 aliphatic heterocycles. The molecule has 1 aromatic carbocycles. The van der Waals surface area contributed by atoms with Crippen LogP contribution in [-0.2, 0) is 4.74 Å². The molecule has 0 saturated heterocycles. The molecule has 280 valence electrons. The Morgan fingerprint density at radius 2 is 1.39 bits per heavy atom. The van der Waals surface area contributed by atoms with Gasteiger partial charge in [-0.2, -0.15) is 0 Å². The van der Waals surface area contributed by atoms with Crippen molar-refractivity contribution in [2.75, 3.05) is 0 Å². The lowest BCUT2D eigenvalue weighted by molar-refractivity contribution is 0.175. The van der Waals surface area contributed by atoms with Crippen LogP contribution in [0.5, 0.6) is 0 Å². The first-order valence-electron chi connectivity index (χ1n) is 21.8. The number of ether oxygens (including phenoxy) is 1. The highest BCUT2D eigenvalue weighted by Crippen LogP contribution is 2.51. The molecule has 0 radical (unpaired) electrons. The van der Waals surface area contributed by atoms with E-state index in [9.17, 15) is 0 Å². The van der Waals surface area contributed by atoms with Crippen molar-refractivity contribution < 1.29 is 4.74 Å². The van der Waals surface area contributed by atoms with E-state index in [1.54, 1.807) is 33.6 Å². The van der Waals surface area contributed by atoms with Gasteiger partial charge in [0, 0.05) is 34.7 Å². The minimum Gasteiger partial charge on any atom is -0.485 e. The van der Waals surface area contributed by atoms with Gasteiger partial charge >= 0.3 is 0 Å². The van der Waals surface area contributed by atoms with Crippen LogP contribution in [0.15, 0.2) is 201 Å². The predicted octanol–water partition coefficient (Wildman–Crippen LogP) is 13.3. The van der Waals surface area contributed by atoms with Crippen LogP contribution in [0.2, 0.25) is 0 Å². The summed E-state index contributed by atoms with van der Waals surface area (Å²) in [5.41, 5.74) is 19.4. The Bertz CT molecular complexity index is 2330. The van der Waals surface area contributed by atoms with Crippen molar-refractivity contribution in [1.82, 2.24) is 4.90 Å². The van der Waals surface area contributed by atoms with Gasteiger partial charge in [0.05, 0.1) is 6.04 Å². The molecule has 11 rings (SSSR count). The summed E-state index contributed by atoms with van der Waals surface area (Å²) in [6, 6.07) is 11.2. The van der Waals surface area contributed by atoms with Crippen molar-refractivity contribution in [3.8, 4) is 0 Å². The fraction of sp³-hybridized carbons (Fsp3) is 0.333. The molecule has 1 aromatic rings. The first kappa shape index (κ1) is 34.2. The number of benzene rings is 1. The van der Waals surface area contributed by atoms with E-state index in [0.717, 1.165) is 76.4 Å². The van der Waals surface area contributed by atoms with Crippen molar-refractivity contribution in [3.63, 3.8) is 0 Å². The Hall–Kier alpha value is -5.08. The third-order valence-corrected chi connectivity index (χ3v) is 14.1. The molecule has 5 atom stereocenters. The molecular formula is C54H53NO. The van der Waals surface area contributed by atoms with E-state index in [-0.39, 0.29) is 6.10 Å². The van der Waals surface area contributed by atoms with Crippen LogP contribution in [0.4, 0.5) is 0 Å². The lowest BCUT2D eigenvalue weighted by Crippen LogP contribution is -2.37. The largest absolute Gasteiger partial charge is 0.485 e. The smallest absolute Gasteiger partial charge is 0.127 e. The van der Waals surface area contributed by atoms with Gasteiger partial charge in [-0.1, -0.05) is 128 Å². The molecule has 56 heavy (non-hydrogen) atoms. The van der Waals surface area contributed by atoms with E-state index in [2.05, 4.69) is 139 Å². The highest BCUT2D eigenvalue weighted by molar-refractivity contribution is 5.80. The molecule has 0 fully saturated rings.